The van der Waals surface area contributed by atoms with Crippen molar-refractivity contribution >= 4 is 34.5 Å². The normalized spacial score (nSPS) is 13.7. The Morgan fingerprint density at radius 1 is 0.927 bits per heavy atom. The first-order chi connectivity index (χ1) is 19.9. The number of carbonyl (C=O) groups is 2. The van der Waals surface area contributed by atoms with E-state index in [0.717, 1.165) is 40.8 Å². The molecule has 0 spiro atoms. The first-order valence-corrected chi connectivity index (χ1v) is 14.1. The maximum atomic E-state index is 13.2. The number of nitrogens with one attached hydrogen (secondary N) is 3. The number of aryl methyl sites for hydroxylation is 1. The van der Waals surface area contributed by atoms with Crippen molar-refractivity contribution in [2.75, 3.05) is 30.3 Å². The van der Waals surface area contributed by atoms with Crippen molar-refractivity contribution in [2.24, 2.45) is 0 Å². The molecule has 0 unspecified atom stereocenters. The fourth-order valence-electron chi connectivity index (χ4n) is 4.92. The largest absolute Gasteiger partial charge is 0.365 e. The van der Waals surface area contributed by atoms with Gasteiger partial charge in [0, 0.05) is 48.7 Å². The Labute approximate surface area is 239 Å². The Hall–Kier alpha value is -4.53. The molecule has 1 saturated heterocycles. The van der Waals surface area contributed by atoms with Crippen molar-refractivity contribution in [1.29, 1.82) is 0 Å². The number of hydrogen-bond acceptors (Lipinski definition) is 6. The number of hydrogen-bond donors (Lipinski definition) is 3. The number of fused-ring (bicyclic) bond motifs is 1. The van der Waals surface area contributed by atoms with E-state index >= 15 is 0 Å². The van der Waals surface area contributed by atoms with Crippen LogP contribution in [0.1, 0.15) is 58.0 Å². The summed E-state index contributed by atoms with van der Waals surface area (Å²) in [6.45, 7) is 6.58. The Morgan fingerprint density at radius 3 is 2.34 bits per heavy atom. The summed E-state index contributed by atoms with van der Waals surface area (Å²) >= 11 is 0. The number of aromatic nitrogens is 2. The SMILES string of the molecule is CCCNc1nc(NCc2ccc(C(=O)NC3CCN(C(=O)c4ccc(F)cc4)CC3)cc2)c2cc(C)ccc2n1. The Kier molecular flexibility index (Phi) is 8.72. The molecular formula is C32H35FN6O2. The van der Waals surface area contributed by atoms with Crippen LogP contribution in [0.25, 0.3) is 10.9 Å². The highest BCUT2D eigenvalue weighted by Crippen LogP contribution is 2.24. The van der Waals surface area contributed by atoms with Crippen LogP contribution in [-0.2, 0) is 6.54 Å². The van der Waals surface area contributed by atoms with E-state index < -0.39 is 0 Å². The molecule has 41 heavy (non-hydrogen) atoms. The van der Waals surface area contributed by atoms with Gasteiger partial charge in [0.05, 0.1) is 5.52 Å². The third-order valence-corrected chi connectivity index (χ3v) is 7.27. The predicted octanol–water partition coefficient (Wildman–Crippen LogP) is 5.55. The third kappa shape index (κ3) is 6.98. The highest BCUT2D eigenvalue weighted by atomic mass is 19.1. The standard InChI is InChI=1S/C32H35FN6O2/c1-3-16-34-32-37-28-13-4-21(2)19-27(28)29(38-32)35-20-22-5-7-23(8-6-22)30(40)36-26-14-17-39(18-15-26)31(41)24-9-11-25(33)12-10-24/h4-13,19,26H,3,14-18,20H2,1-2H3,(H,36,40)(H2,34,35,37,38). The fourth-order valence-corrected chi connectivity index (χ4v) is 4.92. The summed E-state index contributed by atoms with van der Waals surface area (Å²) in [5, 5.41) is 10.8. The molecule has 212 valence electrons. The van der Waals surface area contributed by atoms with E-state index in [1.165, 1.54) is 24.3 Å². The van der Waals surface area contributed by atoms with Gasteiger partial charge in [0.2, 0.25) is 5.95 Å². The first-order valence-electron chi connectivity index (χ1n) is 14.1. The van der Waals surface area contributed by atoms with E-state index in [9.17, 15) is 14.0 Å². The van der Waals surface area contributed by atoms with E-state index in [2.05, 4.69) is 33.9 Å². The van der Waals surface area contributed by atoms with Gasteiger partial charge >= 0.3 is 0 Å². The molecule has 0 bridgehead atoms. The minimum Gasteiger partial charge on any atom is -0.365 e. The molecule has 0 radical (unpaired) electrons. The van der Waals surface area contributed by atoms with Crippen LogP contribution in [0.5, 0.6) is 0 Å². The van der Waals surface area contributed by atoms with Crippen LogP contribution >= 0.6 is 0 Å². The van der Waals surface area contributed by atoms with Gasteiger partial charge in [0.25, 0.3) is 11.8 Å². The van der Waals surface area contributed by atoms with Gasteiger partial charge in [-0.25, -0.2) is 9.37 Å². The Balaban J connectivity index is 1.15. The second-order valence-corrected chi connectivity index (χ2v) is 10.4. The zero-order chi connectivity index (χ0) is 28.8. The fraction of sp³-hybridized carbons (Fsp3) is 0.312. The zero-order valence-electron chi connectivity index (χ0n) is 23.4. The Bertz CT molecular complexity index is 1520. The average molecular weight is 555 g/mol. The molecule has 1 aliphatic heterocycles. The summed E-state index contributed by atoms with van der Waals surface area (Å²) in [7, 11) is 0. The minimum atomic E-state index is -0.365. The van der Waals surface area contributed by atoms with Gasteiger partial charge in [-0.1, -0.05) is 30.7 Å². The number of likely N-dealkylation sites (tertiary alicyclic amines) is 1. The molecule has 0 atom stereocenters. The van der Waals surface area contributed by atoms with Gasteiger partial charge in [-0.2, -0.15) is 4.98 Å². The monoisotopic (exact) mass is 554 g/mol. The van der Waals surface area contributed by atoms with Gasteiger partial charge in [0.15, 0.2) is 0 Å². The lowest BCUT2D eigenvalue weighted by Gasteiger charge is -2.32. The molecule has 0 aliphatic carbocycles. The lowest BCUT2D eigenvalue weighted by atomic mass is 10.0. The van der Waals surface area contributed by atoms with Gasteiger partial charge in [0.1, 0.15) is 11.6 Å². The number of carbonyl (C=O) groups excluding carboxylic acids is 2. The topological polar surface area (TPSA) is 99.2 Å². The highest BCUT2D eigenvalue weighted by molar-refractivity contribution is 5.95. The van der Waals surface area contributed by atoms with Crippen LogP contribution < -0.4 is 16.0 Å². The molecule has 2 amide bonds. The molecule has 0 saturated carbocycles. The van der Waals surface area contributed by atoms with Gasteiger partial charge < -0.3 is 20.9 Å². The molecule has 8 nitrogen and oxygen atoms in total. The van der Waals surface area contributed by atoms with Crippen molar-refractivity contribution in [1.82, 2.24) is 20.2 Å². The lowest BCUT2D eigenvalue weighted by Crippen LogP contribution is -2.46. The average Bonchev–Trinajstić information content (AvgIpc) is 2.99. The van der Waals surface area contributed by atoms with E-state index in [4.69, 9.17) is 4.98 Å². The molecule has 1 aromatic heterocycles. The van der Waals surface area contributed by atoms with E-state index in [-0.39, 0.29) is 23.7 Å². The van der Waals surface area contributed by atoms with Crippen LogP contribution in [0.4, 0.5) is 16.2 Å². The highest BCUT2D eigenvalue weighted by Gasteiger charge is 2.25. The van der Waals surface area contributed by atoms with Crippen LogP contribution in [0, 0.1) is 12.7 Å². The summed E-state index contributed by atoms with van der Waals surface area (Å²) in [6.07, 6.45) is 2.32. The van der Waals surface area contributed by atoms with Gasteiger partial charge in [-0.3, -0.25) is 9.59 Å². The molecular weight excluding hydrogens is 519 g/mol. The van der Waals surface area contributed by atoms with Crippen molar-refractivity contribution in [3.63, 3.8) is 0 Å². The molecule has 9 heteroatoms. The number of halogens is 1. The molecule has 3 N–H and O–H groups in total. The second kappa shape index (κ2) is 12.8. The molecule has 1 aliphatic rings. The summed E-state index contributed by atoms with van der Waals surface area (Å²) in [6, 6.07) is 19.3. The number of nitrogens with zero attached hydrogens (tertiary/aromatic N) is 3. The smallest absolute Gasteiger partial charge is 0.253 e. The molecule has 5 rings (SSSR count). The lowest BCUT2D eigenvalue weighted by molar-refractivity contribution is 0.0698. The van der Waals surface area contributed by atoms with Crippen molar-refractivity contribution < 1.29 is 14.0 Å². The maximum Gasteiger partial charge on any atom is 0.253 e. The van der Waals surface area contributed by atoms with Crippen LogP contribution in [0.3, 0.4) is 0 Å². The van der Waals surface area contributed by atoms with E-state index in [0.29, 0.717) is 49.6 Å². The molecule has 1 fully saturated rings. The molecule has 2 heterocycles. The zero-order valence-corrected chi connectivity index (χ0v) is 23.4. The van der Waals surface area contributed by atoms with Crippen molar-refractivity contribution in [3.8, 4) is 0 Å². The number of amides is 2. The number of piperidine rings is 1. The summed E-state index contributed by atoms with van der Waals surface area (Å²) < 4.78 is 13.2. The quantitative estimate of drug-likeness (QED) is 0.251. The Morgan fingerprint density at radius 2 is 1.63 bits per heavy atom. The summed E-state index contributed by atoms with van der Waals surface area (Å²) in [5.74, 6) is 0.761. The number of rotatable bonds is 9. The predicted molar refractivity (Wildman–Crippen MR) is 160 cm³/mol. The van der Waals surface area contributed by atoms with Crippen molar-refractivity contribution in [2.45, 2.75) is 45.7 Å². The summed E-state index contributed by atoms with van der Waals surface area (Å²) in [4.78, 5) is 36.7. The van der Waals surface area contributed by atoms with Crippen LogP contribution in [0.2, 0.25) is 0 Å². The summed E-state index contributed by atoms with van der Waals surface area (Å²) in [5.41, 5.74) is 4.10. The maximum absolute atomic E-state index is 13.2. The number of anilines is 2. The molecule has 4 aromatic rings. The van der Waals surface area contributed by atoms with E-state index in [1.54, 1.807) is 4.90 Å². The van der Waals surface area contributed by atoms with Gasteiger partial charge in [-0.15, -0.1) is 0 Å². The van der Waals surface area contributed by atoms with Crippen molar-refractivity contribution in [3.05, 3.63) is 94.8 Å². The van der Waals surface area contributed by atoms with Crippen LogP contribution in [-0.4, -0.2) is 52.4 Å². The van der Waals surface area contributed by atoms with Gasteiger partial charge in [-0.05, 0) is 80.3 Å². The van der Waals surface area contributed by atoms with E-state index in [1.807, 2.05) is 43.3 Å². The minimum absolute atomic E-state index is 0.00822. The third-order valence-electron chi connectivity index (χ3n) is 7.27. The number of benzene rings is 3. The first kappa shape index (κ1) is 28.0. The van der Waals surface area contributed by atoms with Crippen LogP contribution in [0.15, 0.2) is 66.7 Å². The molecule has 3 aromatic carbocycles. The second-order valence-electron chi connectivity index (χ2n) is 10.4.